The lowest BCUT2D eigenvalue weighted by Gasteiger charge is -2.35. The van der Waals surface area contributed by atoms with Gasteiger partial charge >= 0.3 is 6.18 Å². The van der Waals surface area contributed by atoms with Crippen LogP contribution in [-0.2, 0) is 11.0 Å². The van der Waals surface area contributed by atoms with E-state index in [1.807, 2.05) is 4.90 Å². The van der Waals surface area contributed by atoms with Gasteiger partial charge in [0.15, 0.2) is 5.82 Å². The van der Waals surface area contributed by atoms with Crippen molar-refractivity contribution in [2.45, 2.75) is 18.6 Å². The summed E-state index contributed by atoms with van der Waals surface area (Å²) < 4.78 is 38.1. The molecule has 0 radical (unpaired) electrons. The van der Waals surface area contributed by atoms with Crippen molar-refractivity contribution in [3.05, 3.63) is 17.8 Å². The molecule has 1 aromatic heterocycles. The van der Waals surface area contributed by atoms with E-state index < -0.39 is 11.7 Å². The van der Waals surface area contributed by atoms with Crippen molar-refractivity contribution in [3.8, 4) is 0 Å². The minimum Gasteiger partial charge on any atom is -0.349 e. The first-order valence-corrected chi connectivity index (χ1v) is 6.29. The van der Waals surface area contributed by atoms with E-state index in [2.05, 4.69) is 15.6 Å². The van der Waals surface area contributed by atoms with Crippen LogP contribution in [0.25, 0.3) is 0 Å². The first kappa shape index (κ1) is 13.2. The second-order valence-electron chi connectivity index (χ2n) is 4.90. The van der Waals surface area contributed by atoms with Crippen LogP contribution in [0.15, 0.2) is 12.3 Å². The molecule has 1 unspecified atom stereocenters. The van der Waals surface area contributed by atoms with E-state index in [1.165, 1.54) is 0 Å². The van der Waals surface area contributed by atoms with Crippen LogP contribution in [0.2, 0.25) is 0 Å². The summed E-state index contributed by atoms with van der Waals surface area (Å²) in [5, 5.41) is 5.69. The molecule has 1 atom stereocenters. The molecule has 0 aliphatic carbocycles. The second kappa shape index (κ2) is 4.62. The third-order valence-corrected chi connectivity index (χ3v) is 3.51. The molecule has 0 spiro atoms. The number of amides is 1. The lowest BCUT2D eigenvalue weighted by molar-refractivity contribution is -0.137. The fourth-order valence-electron chi connectivity index (χ4n) is 2.57. The Labute approximate surface area is 113 Å². The number of piperazine rings is 1. The predicted molar refractivity (Wildman–Crippen MR) is 66.5 cm³/mol. The van der Waals surface area contributed by atoms with Crippen LogP contribution in [0.1, 0.15) is 12.0 Å². The molecule has 3 heterocycles. The summed E-state index contributed by atoms with van der Waals surface area (Å²) in [6.45, 7) is 1.95. The van der Waals surface area contributed by atoms with Gasteiger partial charge in [-0.05, 0) is 6.07 Å². The SMILES string of the molecule is O=C1CC2CNCCN2c2ncc(C(F)(F)F)cc2N1. The van der Waals surface area contributed by atoms with Gasteiger partial charge in [-0.2, -0.15) is 13.2 Å². The number of pyridine rings is 1. The number of alkyl halides is 3. The fraction of sp³-hybridized carbons (Fsp3) is 0.500. The highest BCUT2D eigenvalue weighted by Crippen LogP contribution is 2.36. The normalized spacial score (nSPS) is 22.6. The first-order chi connectivity index (χ1) is 9.45. The van der Waals surface area contributed by atoms with Crippen LogP contribution in [-0.4, -0.2) is 36.6 Å². The molecule has 108 valence electrons. The van der Waals surface area contributed by atoms with Crippen molar-refractivity contribution in [2.24, 2.45) is 0 Å². The zero-order valence-corrected chi connectivity index (χ0v) is 10.5. The third kappa shape index (κ3) is 2.31. The molecule has 1 amide bonds. The van der Waals surface area contributed by atoms with Gasteiger partial charge in [0, 0.05) is 32.3 Å². The van der Waals surface area contributed by atoms with E-state index in [-0.39, 0.29) is 24.1 Å². The van der Waals surface area contributed by atoms with Gasteiger partial charge in [-0.15, -0.1) is 0 Å². The first-order valence-electron chi connectivity index (χ1n) is 6.29. The van der Waals surface area contributed by atoms with Crippen LogP contribution >= 0.6 is 0 Å². The Hall–Kier alpha value is -1.83. The van der Waals surface area contributed by atoms with Gasteiger partial charge < -0.3 is 15.5 Å². The molecule has 20 heavy (non-hydrogen) atoms. The molecule has 8 heteroatoms. The topological polar surface area (TPSA) is 57.3 Å². The van der Waals surface area contributed by atoms with Crippen LogP contribution in [0, 0.1) is 0 Å². The second-order valence-corrected chi connectivity index (χ2v) is 4.90. The molecular weight excluding hydrogens is 273 g/mol. The molecule has 0 saturated carbocycles. The molecule has 0 bridgehead atoms. The molecule has 1 fully saturated rings. The van der Waals surface area contributed by atoms with Gasteiger partial charge in [-0.25, -0.2) is 4.98 Å². The van der Waals surface area contributed by atoms with Crippen molar-refractivity contribution in [1.82, 2.24) is 10.3 Å². The zero-order chi connectivity index (χ0) is 14.3. The Morgan fingerprint density at radius 3 is 2.95 bits per heavy atom. The summed E-state index contributed by atoms with van der Waals surface area (Å²) in [6.07, 6.45) is -3.41. The summed E-state index contributed by atoms with van der Waals surface area (Å²) in [5.74, 6) is 0.124. The van der Waals surface area contributed by atoms with Crippen molar-refractivity contribution in [2.75, 3.05) is 29.9 Å². The number of nitrogens with zero attached hydrogens (tertiary/aromatic N) is 2. The Balaban J connectivity index is 2.04. The molecule has 1 saturated heterocycles. The maximum atomic E-state index is 12.7. The smallest absolute Gasteiger partial charge is 0.349 e. The Kier molecular flexibility index (Phi) is 3.04. The third-order valence-electron chi connectivity index (χ3n) is 3.51. The van der Waals surface area contributed by atoms with Gasteiger partial charge in [0.1, 0.15) is 0 Å². The molecule has 1 aromatic rings. The predicted octanol–water partition coefficient (Wildman–Crippen LogP) is 1.22. The van der Waals surface area contributed by atoms with Gasteiger partial charge in [0.05, 0.1) is 17.3 Å². The minimum absolute atomic E-state index is 0.0748. The molecule has 5 nitrogen and oxygen atoms in total. The van der Waals surface area contributed by atoms with Crippen molar-refractivity contribution in [1.29, 1.82) is 0 Å². The van der Waals surface area contributed by atoms with E-state index in [0.29, 0.717) is 25.5 Å². The van der Waals surface area contributed by atoms with Crippen LogP contribution < -0.4 is 15.5 Å². The number of carbonyl (C=O) groups is 1. The average Bonchev–Trinajstić information content (AvgIpc) is 2.52. The Morgan fingerprint density at radius 1 is 1.40 bits per heavy atom. The van der Waals surface area contributed by atoms with Crippen LogP contribution in [0.5, 0.6) is 0 Å². The largest absolute Gasteiger partial charge is 0.417 e. The number of aromatic nitrogens is 1. The summed E-state index contributed by atoms with van der Waals surface area (Å²) in [4.78, 5) is 17.6. The maximum Gasteiger partial charge on any atom is 0.417 e. The van der Waals surface area contributed by atoms with E-state index in [4.69, 9.17) is 0 Å². The maximum absolute atomic E-state index is 12.7. The number of halogens is 3. The Bertz CT molecular complexity index is 546. The molecule has 2 aliphatic heterocycles. The quantitative estimate of drug-likeness (QED) is 0.753. The summed E-state index contributed by atoms with van der Waals surface area (Å²) >= 11 is 0. The standard InChI is InChI=1S/C12H13F3N4O/c13-12(14,15)7-3-9-11(17-5-7)19-2-1-16-6-8(19)4-10(20)18-9/h3,5,8,16H,1-2,4,6H2,(H,18,20). The summed E-state index contributed by atoms with van der Waals surface area (Å²) in [7, 11) is 0. The molecule has 0 aromatic carbocycles. The lowest BCUT2D eigenvalue weighted by Crippen LogP contribution is -2.51. The molecule has 2 N–H and O–H groups in total. The Morgan fingerprint density at radius 2 is 2.20 bits per heavy atom. The molecule has 2 aliphatic rings. The lowest BCUT2D eigenvalue weighted by atomic mass is 10.1. The van der Waals surface area contributed by atoms with Gasteiger partial charge in [-0.1, -0.05) is 0 Å². The number of anilines is 2. The minimum atomic E-state index is -4.47. The van der Waals surface area contributed by atoms with Gasteiger partial charge in [0.25, 0.3) is 0 Å². The van der Waals surface area contributed by atoms with E-state index in [0.717, 1.165) is 12.3 Å². The number of carbonyl (C=O) groups excluding carboxylic acids is 1. The van der Waals surface area contributed by atoms with E-state index >= 15 is 0 Å². The van der Waals surface area contributed by atoms with Gasteiger partial charge in [0.2, 0.25) is 5.91 Å². The number of hydrogen-bond acceptors (Lipinski definition) is 4. The monoisotopic (exact) mass is 286 g/mol. The highest BCUT2D eigenvalue weighted by molar-refractivity contribution is 5.96. The van der Waals surface area contributed by atoms with E-state index in [9.17, 15) is 18.0 Å². The van der Waals surface area contributed by atoms with Crippen molar-refractivity contribution >= 4 is 17.4 Å². The molecule has 3 rings (SSSR count). The number of fused-ring (bicyclic) bond motifs is 3. The molecular formula is C12H13F3N4O. The number of nitrogens with one attached hydrogen (secondary N) is 2. The number of hydrogen-bond donors (Lipinski definition) is 2. The average molecular weight is 286 g/mol. The highest BCUT2D eigenvalue weighted by Gasteiger charge is 2.35. The summed E-state index contributed by atoms with van der Waals surface area (Å²) in [5.41, 5.74) is -0.723. The van der Waals surface area contributed by atoms with Crippen LogP contribution in [0.4, 0.5) is 24.7 Å². The van der Waals surface area contributed by atoms with E-state index in [1.54, 1.807) is 0 Å². The fourth-order valence-corrected chi connectivity index (χ4v) is 2.57. The van der Waals surface area contributed by atoms with Crippen LogP contribution in [0.3, 0.4) is 0 Å². The van der Waals surface area contributed by atoms with Crippen molar-refractivity contribution in [3.63, 3.8) is 0 Å². The zero-order valence-electron chi connectivity index (χ0n) is 10.5. The number of rotatable bonds is 0. The highest BCUT2D eigenvalue weighted by atomic mass is 19.4. The van der Waals surface area contributed by atoms with Gasteiger partial charge in [-0.3, -0.25) is 4.79 Å². The summed E-state index contributed by atoms with van der Waals surface area (Å²) in [6, 6.07) is 0.874. The van der Waals surface area contributed by atoms with Crippen molar-refractivity contribution < 1.29 is 18.0 Å².